The van der Waals surface area contributed by atoms with Gasteiger partial charge in [-0.05, 0) is 37.9 Å². The van der Waals surface area contributed by atoms with Crippen LogP contribution in [0.15, 0.2) is 0 Å². The first-order valence-corrected chi connectivity index (χ1v) is 3.50. The van der Waals surface area contributed by atoms with E-state index in [1.165, 1.54) is 6.21 Å². The molecule has 2 nitrogen and oxygen atoms in total. The van der Waals surface area contributed by atoms with Gasteiger partial charge in [0.15, 0.2) is 0 Å². The molecule has 0 saturated carbocycles. The summed E-state index contributed by atoms with van der Waals surface area (Å²) in [4.78, 5) is 0. The monoisotopic (exact) mass is 128 g/mol. The molecule has 0 amide bonds. The Labute approximate surface area is 57.0 Å². The third kappa shape index (κ3) is 5.50. The first kappa shape index (κ1) is 8.63. The minimum Gasteiger partial charge on any atom is -0.330 e. The smallest absolute Gasteiger partial charge is 0.00477 e. The van der Waals surface area contributed by atoms with Gasteiger partial charge < -0.3 is 11.1 Å². The van der Waals surface area contributed by atoms with E-state index < -0.39 is 0 Å². The van der Waals surface area contributed by atoms with Gasteiger partial charge in [-0.2, -0.15) is 0 Å². The van der Waals surface area contributed by atoms with Crippen molar-refractivity contribution in [3.05, 3.63) is 0 Å². The lowest BCUT2D eigenvalue weighted by atomic mass is 10.1. The van der Waals surface area contributed by atoms with Gasteiger partial charge in [0.25, 0.3) is 0 Å². The van der Waals surface area contributed by atoms with Crippen LogP contribution in [0.4, 0.5) is 0 Å². The molecule has 0 unspecified atom stereocenters. The predicted octanol–water partition coefficient (Wildman–Crippen LogP) is 1.40. The number of nitrogens with two attached hydrogens (primary N) is 1. The maximum atomic E-state index is 6.75. The normalized spacial score (nSPS) is 13.1. The van der Waals surface area contributed by atoms with E-state index in [2.05, 4.69) is 6.92 Å². The molecule has 0 fully saturated rings. The van der Waals surface area contributed by atoms with Gasteiger partial charge in [0.2, 0.25) is 0 Å². The van der Waals surface area contributed by atoms with Crippen LogP contribution in [-0.2, 0) is 0 Å². The second-order valence-corrected chi connectivity index (χ2v) is 2.48. The first-order chi connectivity index (χ1) is 4.31. The van der Waals surface area contributed by atoms with Gasteiger partial charge in [-0.15, -0.1) is 0 Å². The summed E-state index contributed by atoms with van der Waals surface area (Å²) in [5.41, 5.74) is 5.40. The summed E-state index contributed by atoms with van der Waals surface area (Å²) in [6, 6.07) is 0. The van der Waals surface area contributed by atoms with Gasteiger partial charge in [0.05, 0.1) is 0 Å². The summed E-state index contributed by atoms with van der Waals surface area (Å²) >= 11 is 0. The number of hydrogen-bond acceptors (Lipinski definition) is 2. The van der Waals surface area contributed by atoms with E-state index in [0.29, 0.717) is 5.92 Å². The molecular formula is C7H16N2. The van der Waals surface area contributed by atoms with E-state index in [1.54, 1.807) is 0 Å². The van der Waals surface area contributed by atoms with E-state index in [0.717, 1.165) is 25.8 Å². The number of rotatable bonds is 5. The third-order valence-electron chi connectivity index (χ3n) is 1.45. The topological polar surface area (TPSA) is 49.9 Å². The Morgan fingerprint density at radius 2 is 2.33 bits per heavy atom. The van der Waals surface area contributed by atoms with E-state index in [9.17, 15) is 0 Å². The van der Waals surface area contributed by atoms with Crippen molar-refractivity contribution in [3.63, 3.8) is 0 Å². The standard InChI is InChI=1S/C7H16N2/c1-7(6-9)4-2-3-5-8/h5,7-8H,2-4,6,9H2,1H3/t7-/m1/s1. The molecule has 0 aromatic heterocycles. The molecule has 0 aromatic rings. The molecular weight excluding hydrogens is 112 g/mol. The summed E-state index contributed by atoms with van der Waals surface area (Å²) in [5.74, 6) is 0.630. The van der Waals surface area contributed by atoms with Crippen molar-refractivity contribution in [1.82, 2.24) is 0 Å². The van der Waals surface area contributed by atoms with Crippen molar-refractivity contribution in [2.24, 2.45) is 11.7 Å². The summed E-state index contributed by atoms with van der Waals surface area (Å²) in [6.45, 7) is 2.92. The lowest BCUT2D eigenvalue weighted by Gasteiger charge is -2.04. The molecule has 0 radical (unpaired) electrons. The molecule has 2 heteroatoms. The number of hydrogen-bond donors (Lipinski definition) is 2. The van der Waals surface area contributed by atoms with Crippen LogP contribution in [0, 0.1) is 11.3 Å². The predicted molar refractivity (Wildman–Crippen MR) is 40.9 cm³/mol. The van der Waals surface area contributed by atoms with E-state index in [4.69, 9.17) is 11.1 Å². The molecule has 0 aliphatic heterocycles. The summed E-state index contributed by atoms with van der Waals surface area (Å²) in [7, 11) is 0. The largest absolute Gasteiger partial charge is 0.330 e. The van der Waals surface area contributed by atoms with E-state index in [-0.39, 0.29) is 0 Å². The van der Waals surface area contributed by atoms with Gasteiger partial charge in [-0.1, -0.05) is 6.92 Å². The van der Waals surface area contributed by atoms with Crippen LogP contribution in [0.3, 0.4) is 0 Å². The van der Waals surface area contributed by atoms with Crippen LogP contribution in [0.1, 0.15) is 26.2 Å². The fraction of sp³-hybridized carbons (Fsp3) is 0.857. The number of nitrogens with one attached hydrogen (secondary N) is 1. The van der Waals surface area contributed by atoms with Crippen molar-refractivity contribution < 1.29 is 0 Å². The minimum absolute atomic E-state index is 0.630. The summed E-state index contributed by atoms with van der Waals surface area (Å²) < 4.78 is 0. The highest BCUT2D eigenvalue weighted by Crippen LogP contribution is 2.03. The highest BCUT2D eigenvalue weighted by Gasteiger charge is 1.95. The molecule has 0 spiro atoms. The summed E-state index contributed by atoms with van der Waals surface area (Å²) in [5, 5.41) is 6.75. The zero-order chi connectivity index (χ0) is 7.11. The highest BCUT2D eigenvalue weighted by molar-refractivity contribution is 5.52. The fourth-order valence-electron chi connectivity index (χ4n) is 0.686. The maximum absolute atomic E-state index is 6.75. The SMILES string of the molecule is C[C@@H](CN)CCCC=N. The Bertz CT molecular complexity index is 71.3. The zero-order valence-corrected chi connectivity index (χ0v) is 6.06. The lowest BCUT2D eigenvalue weighted by molar-refractivity contribution is 0.528. The molecule has 9 heavy (non-hydrogen) atoms. The van der Waals surface area contributed by atoms with Crippen molar-refractivity contribution in [2.45, 2.75) is 26.2 Å². The van der Waals surface area contributed by atoms with Gasteiger partial charge >= 0.3 is 0 Å². The third-order valence-corrected chi connectivity index (χ3v) is 1.45. The Hall–Kier alpha value is -0.370. The maximum Gasteiger partial charge on any atom is -0.00477 e. The average molecular weight is 128 g/mol. The molecule has 3 N–H and O–H groups in total. The molecule has 0 heterocycles. The Morgan fingerprint density at radius 3 is 2.78 bits per heavy atom. The Balaban J connectivity index is 2.96. The van der Waals surface area contributed by atoms with Crippen molar-refractivity contribution in [2.75, 3.05) is 6.54 Å². The van der Waals surface area contributed by atoms with Gasteiger partial charge in [0, 0.05) is 0 Å². The van der Waals surface area contributed by atoms with E-state index >= 15 is 0 Å². The van der Waals surface area contributed by atoms with Gasteiger partial charge in [-0.25, -0.2) is 0 Å². The van der Waals surface area contributed by atoms with Crippen LogP contribution in [0.5, 0.6) is 0 Å². The van der Waals surface area contributed by atoms with Crippen molar-refractivity contribution in [1.29, 1.82) is 5.41 Å². The molecule has 0 bridgehead atoms. The Morgan fingerprint density at radius 1 is 1.67 bits per heavy atom. The molecule has 1 atom stereocenters. The van der Waals surface area contributed by atoms with Gasteiger partial charge in [-0.3, -0.25) is 0 Å². The minimum atomic E-state index is 0.630. The van der Waals surface area contributed by atoms with E-state index in [1.807, 2.05) is 0 Å². The first-order valence-electron chi connectivity index (χ1n) is 3.50. The Kier molecular flexibility index (Phi) is 5.52. The van der Waals surface area contributed by atoms with Crippen LogP contribution in [-0.4, -0.2) is 12.8 Å². The van der Waals surface area contributed by atoms with Crippen LogP contribution in [0.25, 0.3) is 0 Å². The zero-order valence-electron chi connectivity index (χ0n) is 6.06. The molecule has 54 valence electrons. The van der Waals surface area contributed by atoms with Gasteiger partial charge in [0.1, 0.15) is 0 Å². The second kappa shape index (κ2) is 5.76. The van der Waals surface area contributed by atoms with Crippen LogP contribution >= 0.6 is 0 Å². The molecule has 0 aliphatic carbocycles. The highest BCUT2D eigenvalue weighted by atomic mass is 14.5. The fourth-order valence-corrected chi connectivity index (χ4v) is 0.686. The van der Waals surface area contributed by atoms with Crippen LogP contribution < -0.4 is 5.73 Å². The number of unbranched alkanes of at least 4 members (excludes halogenated alkanes) is 1. The lowest BCUT2D eigenvalue weighted by Crippen LogP contribution is -2.10. The van der Waals surface area contributed by atoms with Crippen LogP contribution in [0.2, 0.25) is 0 Å². The molecule has 0 rings (SSSR count). The van der Waals surface area contributed by atoms with Crippen molar-refractivity contribution in [3.8, 4) is 0 Å². The summed E-state index contributed by atoms with van der Waals surface area (Å²) in [6.07, 6.45) is 4.64. The molecule has 0 saturated heterocycles. The van der Waals surface area contributed by atoms with Crippen molar-refractivity contribution >= 4 is 6.21 Å². The quantitative estimate of drug-likeness (QED) is 0.427. The molecule has 0 aromatic carbocycles. The second-order valence-electron chi connectivity index (χ2n) is 2.48. The molecule has 0 aliphatic rings. The average Bonchev–Trinajstić information content (AvgIpc) is 1.89.